The Morgan fingerprint density at radius 1 is 1.37 bits per heavy atom. The Hall–Kier alpha value is -0.800. The average molecular weight is 264 g/mol. The van der Waals surface area contributed by atoms with Crippen LogP contribution in [0, 0.1) is 11.8 Å². The highest BCUT2D eigenvalue weighted by atomic mass is 16.3. The molecule has 0 aliphatic heterocycles. The minimum Gasteiger partial charge on any atom is -0.464 e. The number of rotatable bonds is 7. The third kappa shape index (κ3) is 4.08. The van der Waals surface area contributed by atoms with Crippen molar-refractivity contribution in [1.29, 1.82) is 0 Å². The van der Waals surface area contributed by atoms with Crippen LogP contribution in [0.25, 0.3) is 0 Å². The summed E-state index contributed by atoms with van der Waals surface area (Å²) in [5, 5.41) is 3.62. The van der Waals surface area contributed by atoms with Gasteiger partial charge in [-0.25, -0.2) is 0 Å². The first-order valence-electron chi connectivity index (χ1n) is 7.44. The molecular weight excluding hydrogens is 236 g/mol. The molecule has 0 amide bonds. The predicted octanol–water partition coefficient (Wildman–Crippen LogP) is 3.08. The van der Waals surface area contributed by atoms with E-state index in [1.807, 2.05) is 0 Å². The van der Waals surface area contributed by atoms with Crippen molar-refractivity contribution in [3.63, 3.8) is 0 Å². The van der Waals surface area contributed by atoms with E-state index < -0.39 is 0 Å². The van der Waals surface area contributed by atoms with Crippen molar-refractivity contribution < 1.29 is 4.42 Å². The quantitative estimate of drug-likeness (QED) is 0.820. The standard InChI is InChI=1S/C16H28N2O/c1-11(2)15(10-18(4)5)17-9-13-6-7-16(19-13)14-8-12(14)3/h6-7,11-12,14-15,17H,8-10H2,1-5H3. The molecule has 1 aliphatic rings. The highest BCUT2D eigenvalue weighted by Gasteiger charge is 2.36. The summed E-state index contributed by atoms with van der Waals surface area (Å²) in [6, 6.07) is 4.78. The summed E-state index contributed by atoms with van der Waals surface area (Å²) >= 11 is 0. The second-order valence-corrected chi connectivity index (χ2v) is 6.62. The Morgan fingerprint density at radius 2 is 2.05 bits per heavy atom. The van der Waals surface area contributed by atoms with Crippen molar-refractivity contribution in [2.75, 3.05) is 20.6 Å². The van der Waals surface area contributed by atoms with E-state index in [1.54, 1.807) is 0 Å². The fourth-order valence-electron chi connectivity index (χ4n) is 2.54. The van der Waals surface area contributed by atoms with Crippen LogP contribution in [0.3, 0.4) is 0 Å². The minimum absolute atomic E-state index is 0.503. The largest absolute Gasteiger partial charge is 0.464 e. The van der Waals surface area contributed by atoms with Crippen LogP contribution in [0.5, 0.6) is 0 Å². The van der Waals surface area contributed by atoms with Crippen molar-refractivity contribution in [2.24, 2.45) is 11.8 Å². The Kier molecular flexibility index (Phi) is 4.69. The first-order valence-corrected chi connectivity index (χ1v) is 7.44. The summed E-state index contributed by atoms with van der Waals surface area (Å²) in [6.45, 7) is 8.71. The molecule has 3 atom stereocenters. The summed E-state index contributed by atoms with van der Waals surface area (Å²) in [4.78, 5) is 2.23. The van der Waals surface area contributed by atoms with Crippen LogP contribution in [0.1, 0.15) is 44.6 Å². The van der Waals surface area contributed by atoms with Gasteiger partial charge in [0.25, 0.3) is 0 Å². The molecule has 0 aromatic carbocycles. The van der Waals surface area contributed by atoms with Crippen LogP contribution < -0.4 is 5.32 Å². The lowest BCUT2D eigenvalue weighted by molar-refractivity contribution is 0.281. The van der Waals surface area contributed by atoms with Crippen molar-refractivity contribution in [3.8, 4) is 0 Å². The monoisotopic (exact) mass is 264 g/mol. The van der Waals surface area contributed by atoms with Crippen molar-refractivity contribution in [1.82, 2.24) is 10.2 Å². The summed E-state index contributed by atoms with van der Waals surface area (Å²) in [6.07, 6.45) is 1.29. The Bertz CT molecular complexity index is 397. The fraction of sp³-hybridized carbons (Fsp3) is 0.750. The lowest BCUT2D eigenvalue weighted by Gasteiger charge is -2.25. The maximum absolute atomic E-state index is 5.94. The van der Waals surface area contributed by atoms with E-state index in [2.05, 4.69) is 57.2 Å². The molecular formula is C16H28N2O. The van der Waals surface area contributed by atoms with Crippen molar-refractivity contribution in [3.05, 3.63) is 23.7 Å². The van der Waals surface area contributed by atoms with Gasteiger partial charge in [0.05, 0.1) is 6.54 Å². The molecule has 3 heteroatoms. The first kappa shape index (κ1) is 14.6. The fourth-order valence-corrected chi connectivity index (χ4v) is 2.54. The summed E-state index contributed by atoms with van der Waals surface area (Å²) in [5.74, 6) is 4.36. The van der Waals surface area contributed by atoms with Gasteiger partial charge in [0.1, 0.15) is 11.5 Å². The van der Waals surface area contributed by atoms with Gasteiger partial charge in [0, 0.05) is 18.5 Å². The van der Waals surface area contributed by atoms with Gasteiger partial charge >= 0.3 is 0 Å². The molecule has 3 unspecified atom stereocenters. The Balaban J connectivity index is 1.84. The molecule has 2 rings (SSSR count). The van der Waals surface area contributed by atoms with Gasteiger partial charge in [-0.2, -0.15) is 0 Å². The van der Waals surface area contributed by atoms with Gasteiger partial charge in [-0.3, -0.25) is 0 Å². The number of hydrogen-bond acceptors (Lipinski definition) is 3. The molecule has 1 aliphatic carbocycles. The third-order valence-electron chi connectivity index (χ3n) is 4.06. The molecule has 1 heterocycles. The van der Waals surface area contributed by atoms with Crippen LogP contribution in [0.15, 0.2) is 16.5 Å². The van der Waals surface area contributed by atoms with Gasteiger partial charge in [0.15, 0.2) is 0 Å². The molecule has 1 aromatic rings. The van der Waals surface area contributed by atoms with Gasteiger partial charge in [-0.1, -0.05) is 20.8 Å². The lowest BCUT2D eigenvalue weighted by atomic mass is 10.0. The summed E-state index contributed by atoms with van der Waals surface area (Å²) in [5.41, 5.74) is 0. The second kappa shape index (κ2) is 6.10. The van der Waals surface area contributed by atoms with Crippen LogP contribution in [0.4, 0.5) is 0 Å². The molecule has 1 saturated carbocycles. The van der Waals surface area contributed by atoms with E-state index >= 15 is 0 Å². The minimum atomic E-state index is 0.503. The average Bonchev–Trinajstić information content (AvgIpc) is 2.88. The van der Waals surface area contributed by atoms with E-state index in [1.165, 1.54) is 12.2 Å². The molecule has 1 aromatic heterocycles. The SMILES string of the molecule is CC(C)C(CN(C)C)NCc1ccc(C2CC2C)o1. The topological polar surface area (TPSA) is 28.4 Å². The van der Waals surface area contributed by atoms with E-state index in [9.17, 15) is 0 Å². The molecule has 3 nitrogen and oxygen atoms in total. The van der Waals surface area contributed by atoms with E-state index in [4.69, 9.17) is 4.42 Å². The van der Waals surface area contributed by atoms with E-state index in [-0.39, 0.29) is 0 Å². The molecule has 0 spiro atoms. The van der Waals surface area contributed by atoms with E-state index in [0.29, 0.717) is 17.9 Å². The van der Waals surface area contributed by atoms with Crippen LogP contribution >= 0.6 is 0 Å². The first-order chi connectivity index (χ1) is 8.97. The zero-order valence-corrected chi connectivity index (χ0v) is 12.9. The Morgan fingerprint density at radius 3 is 2.58 bits per heavy atom. The zero-order valence-electron chi connectivity index (χ0n) is 12.9. The molecule has 0 radical (unpaired) electrons. The van der Waals surface area contributed by atoms with Crippen LogP contribution in [-0.2, 0) is 6.54 Å². The van der Waals surface area contributed by atoms with Gasteiger partial charge in [-0.05, 0) is 44.5 Å². The molecule has 1 N–H and O–H groups in total. The van der Waals surface area contributed by atoms with Crippen LogP contribution in [0.2, 0.25) is 0 Å². The number of nitrogens with zero attached hydrogens (tertiary/aromatic N) is 1. The number of hydrogen-bond donors (Lipinski definition) is 1. The van der Waals surface area contributed by atoms with E-state index in [0.717, 1.165) is 24.8 Å². The Labute approximate surface area is 117 Å². The van der Waals surface area contributed by atoms with Gasteiger partial charge < -0.3 is 14.6 Å². The summed E-state index contributed by atoms with van der Waals surface area (Å²) in [7, 11) is 4.24. The van der Waals surface area contributed by atoms with Gasteiger partial charge in [0.2, 0.25) is 0 Å². The van der Waals surface area contributed by atoms with Crippen molar-refractivity contribution in [2.45, 2.75) is 45.7 Å². The second-order valence-electron chi connectivity index (χ2n) is 6.62. The smallest absolute Gasteiger partial charge is 0.117 e. The van der Waals surface area contributed by atoms with Crippen LogP contribution in [-0.4, -0.2) is 31.6 Å². The molecule has 19 heavy (non-hydrogen) atoms. The predicted molar refractivity (Wildman–Crippen MR) is 79.2 cm³/mol. The molecule has 108 valence electrons. The lowest BCUT2D eigenvalue weighted by Crippen LogP contribution is -2.41. The zero-order chi connectivity index (χ0) is 14.0. The number of likely N-dealkylation sites (N-methyl/N-ethyl adjacent to an activating group) is 1. The molecule has 0 saturated heterocycles. The maximum atomic E-state index is 5.94. The van der Waals surface area contributed by atoms with Crippen molar-refractivity contribution >= 4 is 0 Å². The number of furan rings is 1. The normalized spacial score (nSPS) is 24.2. The molecule has 0 bridgehead atoms. The molecule has 1 fully saturated rings. The highest BCUT2D eigenvalue weighted by molar-refractivity contribution is 5.17. The third-order valence-corrected chi connectivity index (χ3v) is 4.06. The summed E-state index contributed by atoms with van der Waals surface area (Å²) < 4.78 is 5.94. The maximum Gasteiger partial charge on any atom is 0.117 e. The highest BCUT2D eigenvalue weighted by Crippen LogP contribution is 2.47. The van der Waals surface area contributed by atoms with Gasteiger partial charge in [-0.15, -0.1) is 0 Å². The number of nitrogens with one attached hydrogen (secondary N) is 1.